The first kappa shape index (κ1) is 8.70. The van der Waals surface area contributed by atoms with Crippen LogP contribution in [0.4, 0.5) is 4.79 Å². The molecule has 10 heavy (non-hydrogen) atoms. The molecule has 0 aromatic carbocycles. The quantitative estimate of drug-likeness (QED) is 0.397. The Balaban J connectivity index is 0.000000180. The van der Waals surface area contributed by atoms with E-state index in [2.05, 4.69) is 16.5 Å². The summed E-state index contributed by atoms with van der Waals surface area (Å²) in [5.41, 5.74) is 8.50. The molecule has 58 valence electrons. The number of nitrogens with zero attached hydrogens (tertiary/aromatic N) is 2. The molecular formula is C4H10N4O2. The van der Waals surface area contributed by atoms with E-state index in [1.54, 1.807) is 0 Å². The lowest BCUT2D eigenvalue weighted by molar-refractivity contribution is 0.00310. The van der Waals surface area contributed by atoms with Crippen molar-refractivity contribution in [1.82, 2.24) is 5.06 Å². The fourth-order valence-corrected chi connectivity index (χ4v) is 0.370. The Morgan fingerprint density at radius 3 is 2.30 bits per heavy atom. The average molecular weight is 146 g/mol. The normalized spacial score (nSPS) is 14.3. The van der Waals surface area contributed by atoms with Gasteiger partial charge in [0.1, 0.15) is 6.34 Å². The summed E-state index contributed by atoms with van der Waals surface area (Å²) in [6, 6.07) is -0.833. The van der Waals surface area contributed by atoms with Crippen molar-refractivity contribution < 1.29 is 10.0 Å². The van der Waals surface area contributed by atoms with E-state index in [4.69, 9.17) is 10.0 Å². The molecule has 0 fully saturated rings. The topological polar surface area (TPSA) is 105 Å². The highest BCUT2D eigenvalue weighted by Gasteiger charge is 1.96. The molecule has 0 aromatic rings. The molecular weight excluding hydrogens is 136 g/mol. The van der Waals surface area contributed by atoms with Gasteiger partial charge in [-0.2, -0.15) is 0 Å². The molecule has 6 nitrogen and oxygen atoms in total. The highest BCUT2D eigenvalue weighted by molar-refractivity contribution is 5.69. The summed E-state index contributed by atoms with van der Waals surface area (Å²) in [6.45, 7) is 1.39. The van der Waals surface area contributed by atoms with Gasteiger partial charge in [-0.05, 0) is 0 Å². The third-order valence-electron chi connectivity index (χ3n) is 0.673. The second-order valence-electron chi connectivity index (χ2n) is 1.59. The number of nitrogens with two attached hydrogens (primary N) is 2. The van der Waals surface area contributed by atoms with Crippen LogP contribution in [0.2, 0.25) is 0 Å². The van der Waals surface area contributed by atoms with Crippen molar-refractivity contribution >= 4 is 12.4 Å². The standard InChI is InChI=1S/C3H6N2O.CH4N2O/c6-5-2-1-4-3-5;2-1(3)4/h3,6H,1-2H2;(H4,2,3,4). The van der Waals surface area contributed by atoms with E-state index in [9.17, 15) is 0 Å². The lowest BCUT2D eigenvalue weighted by Crippen LogP contribution is -2.18. The van der Waals surface area contributed by atoms with E-state index in [0.29, 0.717) is 6.54 Å². The molecule has 0 bridgehead atoms. The predicted molar refractivity (Wildman–Crippen MR) is 35.6 cm³/mol. The van der Waals surface area contributed by atoms with E-state index >= 15 is 0 Å². The smallest absolute Gasteiger partial charge is 0.309 e. The molecule has 1 rings (SSSR count). The zero-order valence-electron chi connectivity index (χ0n) is 5.40. The van der Waals surface area contributed by atoms with Gasteiger partial charge in [0.05, 0.1) is 13.1 Å². The van der Waals surface area contributed by atoms with Gasteiger partial charge in [0.15, 0.2) is 0 Å². The molecule has 0 unspecified atom stereocenters. The number of aliphatic imine (C=N–C) groups is 1. The largest absolute Gasteiger partial charge is 0.352 e. The van der Waals surface area contributed by atoms with Gasteiger partial charge in [-0.1, -0.05) is 0 Å². The van der Waals surface area contributed by atoms with E-state index < -0.39 is 6.03 Å². The highest BCUT2D eigenvalue weighted by Crippen LogP contribution is 1.83. The molecule has 1 aliphatic heterocycles. The van der Waals surface area contributed by atoms with Crippen LogP contribution < -0.4 is 11.5 Å². The predicted octanol–water partition coefficient (Wildman–Crippen LogP) is -1.26. The summed E-state index contributed by atoms with van der Waals surface area (Å²) in [6.07, 6.45) is 1.42. The van der Waals surface area contributed by atoms with Gasteiger partial charge in [-0.25, -0.2) is 9.86 Å². The molecule has 2 amide bonds. The minimum atomic E-state index is -0.833. The number of hydrogen-bond acceptors (Lipinski definition) is 4. The first-order chi connectivity index (χ1) is 4.63. The van der Waals surface area contributed by atoms with Crippen molar-refractivity contribution in [2.75, 3.05) is 13.1 Å². The second kappa shape index (κ2) is 4.57. The Morgan fingerprint density at radius 2 is 2.20 bits per heavy atom. The number of amides is 2. The zero-order valence-corrected chi connectivity index (χ0v) is 5.40. The molecule has 1 heterocycles. The number of hydroxylamine groups is 2. The summed E-state index contributed by atoms with van der Waals surface area (Å²) in [5, 5.41) is 9.48. The maximum absolute atomic E-state index is 9.00. The van der Waals surface area contributed by atoms with Crippen molar-refractivity contribution in [3.05, 3.63) is 0 Å². The summed E-state index contributed by atoms with van der Waals surface area (Å²) in [4.78, 5) is 12.7. The fourth-order valence-electron chi connectivity index (χ4n) is 0.370. The first-order valence-electron chi connectivity index (χ1n) is 2.63. The highest BCUT2D eigenvalue weighted by atomic mass is 16.5. The maximum atomic E-state index is 9.00. The third-order valence-corrected chi connectivity index (χ3v) is 0.673. The number of hydrogen-bond donors (Lipinski definition) is 3. The minimum absolute atomic E-state index is 0.653. The van der Waals surface area contributed by atoms with Crippen molar-refractivity contribution in [1.29, 1.82) is 0 Å². The van der Waals surface area contributed by atoms with Crippen LogP contribution >= 0.6 is 0 Å². The van der Waals surface area contributed by atoms with Gasteiger partial charge < -0.3 is 11.5 Å². The number of urea groups is 1. The minimum Gasteiger partial charge on any atom is -0.352 e. The number of rotatable bonds is 0. The summed E-state index contributed by atoms with van der Waals surface area (Å²) >= 11 is 0. The summed E-state index contributed by atoms with van der Waals surface area (Å²) in [5.74, 6) is 0. The van der Waals surface area contributed by atoms with Gasteiger partial charge in [0.2, 0.25) is 0 Å². The Bertz CT molecular complexity index is 131. The van der Waals surface area contributed by atoms with E-state index in [-0.39, 0.29) is 0 Å². The van der Waals surface area contributed by atoms with Gasteiger partial charge in [-0.3, -0.25) is 10.2 Å². The van der Waals surface area contributed by atoms with Crippen LogP contribution in [0.15, 0.2) is 4.99 Å². The van der Waals surface area contributed by atoms with Crippen molar-refractivity contribution in [3.8, 4) is 0 Å². The van der Waals surface area contributed by atoms with Crippen LogP contribution in [0.1, 0.15) is 0 Å². The van der Waals surface area contributed by atoms with Crippen molar-refractivity contribution in [3.63, 3.8) is 0 Å². The van der Waals surface area contributed by atoms with Crippen LogP contribution in [-0.2, 0) is 0 Å². The second-order valence-corrected chi connectivity index (χ2v) is 1.59. The first-order valence-corrected chi connectivity index (χ1v) is 2.63. The van der Waals surface area contributed by atoms with Crippen LogP contribution in [0.25, 0.3) is 0 Å². The summed E-state index contributed by atoms with van der Waals surface area (Å²) < 4.78 is 0. The monoisotopic (exact) mass is 146 g/mol. The summed E-state index contributed by atoms with van der Waals surface area (Å²) in [7, 11) is 0. The van der Waals surface area contributed by atoms with Gasteiger partial charge >= 0.3 is 6.03 Å². The van der Waals surface area contributed by atoms with Gasteiger partial charge in [0.25, 0.3) is 0 Å². The molecule has 0 atom stereocenters. The Labute approximate surface area is 58.1 Å². The molecule has 6 heteroatoms. The number of primary amides is 2. The fraction of sp³-hybridized carbons (Fsp3) is 0.500. The lowest BCUT2D eigenvalue weighted by Gasteiger charge is -1.97. The Kier molecular flexibility index (Phi) is 3.97. The molecule has 0 saturated heterocycles. The number of carbonyl (C=O) groups excluding carboxylic acids is 1. The molecule has 1 aliphatic rings. The molecule has 0 saturated carbocycles. The van der Waals surface area contributed by atoms with E-state index in [0.717, 1.165) is 11.6 Å². The Morgan fingerprint density at radius 1 is 1.70 bits per heavy atom. The molecule has 0 radical (unpaired) electrons. The molecule has 0 aliphatic carbocycles. The zero-order chi connectivity index (χ0) is 7.98. The van der Waals surface area contributed by atoms with Gasteiger partial charge in [-0.15, -0.1) is 0 Å². The lowest BCUT2D eigenvalue weighted by atomic mass is 10.7. The molecule has 0 aromatic heterocycles. The van der Waals surface area contributed by atoms with E-state index in [1.165, 1.54) is 6.34 Å². The van der Waals surface area contributed by atoms with Crippen LogP contribution in [0, 0.1) is 0 Å². The van der Waals surface area contributed by atoms with Crippen LogP contribution in [0.3, 0.4) is 0 Å². The Hall–Kier alpha value is -1.30. The van der Waals surface area contributed by atoms with Gasteiger partial charge in [0, 0.05) is 0 Å². The van der Waals surface area contributed by atoms with E-state index in [1.807, 2.05) is 0 Å². The van der Waals surface area contributed by atoms with Crippen molar-refractivity contribution in [2.24, 2.45) is 16.5 Å². The molecule has 5 N–H and O–H groups in total. The van der Waals surface area contributed by atoms with Crippen molar-refractivity contribution in [2.45, 2.75) is 0 Å². The van der Waals surface area contributed by atoms with Crippen LogP contribution in [0.5, 0.6) is 0 Å². The number of carbonyl (C=O) groups is 1. The molecule has 0 spiro atoms. The van der Waals surface area contributed by atoms with Crippen LogP contribution in [-0.4, -0.2) is 35.7 Å². The third kappa shape index (κ3) is 6.70. The maximum Gasteiger partial charge on any atom is 0.309 e. The SMILES string of the molecule is NC(N)=O.ON1C=NCC1. The average Bonchev–Trinajstić information content (AvgIpc) is 2.15.